The van der Waals surface area contributed by atoms with E-state index >= 15 is 0 Å². The molecule has 4 N–H and O–H groups in total. The molecule has 1 aromatic carbocycles. The van der Waals surface area contributed by atoms with Crippen molar-refractivity contribution in [3.05, 3.63) is 82.2 Å². The number of nitrogens with two attached hydrogens (primary N) is 1. The molecule has 0 bridgehead atoms. The van der Waals surface area contributed by atoms with Crippen molar-refractivity contribution in [3.63, 3.8) is 0 Å². The number of rotatable bonds is 7. The largest absolute Gasteiger partial charge is 0.402 e. The molecule has 166 valence electrons. The molecule has 1 aromatic rings. The third-order valence-corrected chi connectivity index (χ3v) is 5.55. The van der Waals surface area contributed by atoms with E-state index in [2.05, 4.69) is 10.6 Å². The van der Waals surface area contributed by atoms with Crippen LogP contribution in [0.5, 0.6) is 0 Å². The number of hydrogen-bond donors (Lipinski definition) is 3. The maximum absolute atomic E-state index is 14.6. The summed E-state index contributed by atoms with van der Waals surface area (Å²) < 4.78 is 28.6. The molecule has 0 radical (unpaired) electrons. The van der Waals surface area contributed by atoms with Crippen molar-refractivity contribution in [2.75, 3.05) is 6.54 Å². The van der Waals surface area contributed by atoms with Crippen LogP contribution in [0.2, 0.25) is 0 Å². The van der Waals surface area contributed by atoms with Crippen LogP contribution in [0, 0.1) is 0 Å². The summed E-state index contributed by atoms with van der Waals surface area (Å²) >= 11 is 0. The van der Waals surface area contributed by atoms with Gasteiger partial charge in [-0.15, -0.1) is 0 Å². The van der Waals surface area contributed by atoms with Crippen molar-refractivity contribution < 1.29 is 8.78 Å². The van der Waals surface area contributed by atoms with Gasteiger partial charge in [0.15, 0.2) is 0 Å². The Labute approximate surface area is 183 Å². The predicted octanol–water partition coefficient (Wildman–Crippen LogP) is 5.32. The molecule has 0 saturated heterocycles. The minimum absolute atomic E-state index is 0.499. The highest BCUT2D eigenvalue weighted by atomic mass is 19.1. The summed E-state index contributed by atoms with van der Waals surface area (Å²) in [5.74, 6) is -0.435. The lowest BCUT2D eigenvalue weighted by atomic mass is 9.94. The number of aliphatic imine (C=N–C) groups is 1. The van der Waals surface area contributed by atoms with E-state index in [4.69, 9.17) is 10.7 Å². The maximum Gasteiger partial charge on any atom is 0.130 e. The maximum atomic E-state index is 14.6. The first-order valence-electron chi connectivity index (χ1n) is 11.0. The van der Waals surface area contributed by atoms with E-state index in [0.717, 1.165) is 55.0 Å². The summed E-state index contributed by atoms with van der Waals surface area (Å²) in [6.07, 6.45) is 6.96. The molecule has 2 aliphatic carbocycles. The first-order valence-corrected chi connectivity index (χ1v) is 11.0. The van der Waals surface area contributed by atoms with Crippen LogP contribution in [-0.2, 0) is 6.54 Å². The van der Waals surface area contributed by atoms with Crippen LogP contribution >= 0.6 is 0 Å². The molecular weight excluding hydrogens is 394 g/mol. The fourth-order valence-electron chi connectivity index (χ4n) is 3.87. The van der Waals surface area contributed by atoms with Crippen molar-refractivity contribution in [3.8, 4) is 0 Å². The van der Waals surface area contributed by atoms with Crippen LogP contribution in [-0.4, -0.2) is 18.4 Å². The van der Waals surface area contributed by atoms with Crippen molar-refractivity contribution in [1.29, 1.82) is 0 Å². The number of halogens is 2. The Hall–Kier alpha value is -2.73. The molecule has 0 amide bonds. The van der Waals surface area contributed by atoms with Gasteiger partial charge in [-0.1, -0.05) is 37.3 Å². The lowest BCUT2D eigenvalue weighted by Gasteiger charge is -2.26. The fraction of sp³-hybridized carbons (Fsp3) is 0.400. The summed E-state index contributed by atoms with van der Waals surface area (Å²) in [4.78, 5) is 4.82. The van der Waals surface area contributed by atoms with Crippen LogP contribution in [0.15, 0.2) is 81.7 Å². The Morgan fingerprint density at radius 2 is 1.87 bits per heavy atom. The highest BCUT2D eigenvalue weighted by Crippen LogP contribution is 2.28. The van der Waals surface area contributed by atoms with Gasteiger partial charge >= 0.3 is 0 Å². The Bertz CT molecular complexity index is 926. The third-order valence-electron chi connectivity index (χ3n) is 5.55. The van der Waals surface area contributed by atoms with Crippen LogP contribution in [0.4, 0.5) is 8.78 Å². The minimum atomic E-state index is -0.681. The van der Waals surface area contributed by atoms with Crippen molar-refractivity contribution in [2.45, 2.75) is 58.5 Å². The number of amidine groups is 1. The van der Waals surface area contributed by atoms with Gasteiger partial charge in [0, 0.05) is 23.0 Å². The van der Waals surface area contributed by atoms with Crippen LogP contribution < -0.4 is 16.4 Å². The van der Waals surface area contributed by atoms with Crippen LogP contribution in [0.3, 0.4) is 0 Å². The van der Waals surface area contributed by atoms with Crippen molar-refractivity contribution in [2.24, 2.45) is 10.7 Å². The first kappa shape index (κ1) is 22.9. The fourth-order valence-corrected chi connectivity index (χ4v) is 3.87. The van der Waals surface area contributed by atoms with E-state index in [-0.39, 0.29) is 0 Å². The minimum Gasteiger partial charge on any atom is -0.402 e. The second-order valence-corrected chi connectivity index (χ2v) is 8.01. The van der Waals surface area contributed by atoms with Crippen molar-refractivity contribution >= 4 is 5.84 Å². The standard InChI is InChI=1S/C25H32F2N4/c1-3-13-29-24-21(14-19(26)15-22(24)27)17(2)31-25(20-11-7-8-12-23(20)28)30-16-18-9-5-4-6-10-18/h4-6,9-10,14-15,24,29H,3,7-8,11-13,16,28H2,1-2H3,(H,30,31)/b21-17+. The normalized spacial score (nSPS) is 21.5. The molecule has 1 unspecified atom stereocenters. The smallest absolute Gasteiger partial charge is 0.130 e. The molecule has 31 heavy (non-hydrogen) atoms. The van der Waals surface area contributed by atoms with Gasteiger partial charge in [0.05, 0.1) is 12.6 Å². The highest BCUT2D eigenvalue weighted by Gasteiger charge is 2.25. The highest BCUT2D eigenvalue weighted by molar-refractivity contribution is 6.00. The van der Waals surface area contributed by atoms with Gasteiger partial charge < -0.3 is 16.4 Å². The number of benzene rings is 1. The summed E-state index contributed by atoms with van der Waals surface area (Å²) in [5.41, 5.74) is 10.4. The molecular formula is C25H32F2N4. The van der Waals surface area contributed by atoms with E-state index in [1.165, 1.54) is 6.08 Å². The molecule has 4 nitrogen and oxygen atoms in total. The third kappa shape index (κ3) is 6.14. The van der Waals surface area contributed by atoms with Crippen molar-refractivity contribution in [1.82, 2.24) is 10.6 Å². The van der Waals surface area contributed by atoms with E-state index < -0.39 is 17.7 Å². The summed E-state index contributed by atoms with van der Waals surface area (Å²) in [6, 6.07) is 9.30. The second kappa shape index (κ2) is 11.0. The monoisotopic (exact) mass is 426 g/mol. The van der Waals surface area contributed by atoms with Gasteiger partial charge in [-0.05, 0) is 62.8 Å². The van der Waals surface area contributed by atoms with Gasteiger partial charge in [-0.3, -0.25) is 4.99 Å². The lowest BCUT2D eigenvalue weighted by molar-refractivity contribution is 0.488. The molecule has 0 spiro atoms. The predicted molar refractivity (Wildman–Crippen MR) is 124 cm³/mol. The topological polar surface area (TPSA) is 62.4 Å². The van der Waals surface area contributed by atoms with Gasteiger partial charge in [0.1, 0.15) is 17.5 Å². The zero-order chi connectivity index (χ0) is 22.2. The zero-order valence-electron chi connectivity index (χ0n) is 18.3. The molecule has 6 heteroatoms. The van der Waals surface area contributed by atoms with Gasteiger partial charge in [0.2, 0.25) is 0 Å². The molecule has 0 aromatic heterocycles. The van der Waals surface area contributed by atoms with Crippen LogP contribution in [0.1, 0.15) is 51.5 Å². The molecule has 0 saturated carbocycles. The second-order valence-electron chi connectivity index (χ2n) is 8.01. The summed E-state index contributed by atoms with van der Waals surface area (Å²) in [7, 11) is 0. The average Bonchev–Trinajstić information content (AvgIpc) is 2.76. The first-order chi connectivity index (χ1) is 15.0. The molecule has 0 aliphatic heterocycles. The summed E-state index contributed by atoms with van der Waals surface area (Å²) in [6.45, 7) is 4.97. The number of hydrogen-bond acceptors (Lipinski definition) is 3. The average molecular weight is 427 g/mol. The van der Waals surface area contributed by atoms with E-state index in [1.807, 2.05) is 44.2 Å². The molecule has 0 fully saturated rings. The number of nitrogens with one attached hydrogen (secondary N) is 2. The molecule has 3 rings (SSSR count). The number of nitrogens with zero attached hydrogens (tertiary/aromatic N) is 1. The molecule has 2 aliphatic rings. The van der Waals surface area contributed by atoms with E-state index in [1.54, 1.807) is 0 Å². The summed E-state index contributed by atoms with van der Waals surface area (Å²) in [5, 5.41) is 6.51. The number of allylic oxidation sites excluding steroid dienone is 4. The molecule has 1 atom stereocenters. The Kier molecular flexibility index (Phi) is 8.18. The SMILES string of the molecule is CCCNC1C(F)=CC(F)=C/C1=C(/C)NC(=NCc1ccccc1)C1=C(N)CCCC1. The Balaban J connectivity index is 1.94. The van der Waals surface area contributed by atoms with Gasteiger partial charge in [0.25, 0.3) is 0 Å². The van der Waals surface area contributed by atoms with E-state index in [9.17, 15) is 8.78 Å². The Morgan fingerprint density at radius 3 is 2.58 bits per heavy atom. The Morgan fingerprint density at radius 1 is 1.13 bits per heavy atom. The zero-order valence-corrected chi connectivity index (χ0v) is 18.3. The lowest BCUT2D eigenvalue weighted by Crippen LogP contribution is -2.36. The van der Waals surface area contributed by atoms with Gasteiger partial charge in [-0.25, -0.2) is 8.78 Å². The quantitative estimate of drug-likeness (QED) is 0.408. The van der Waals surface area contributed by atoms with Gasteiger partial charge in [-0.2, -0.15) is 0 Å². The van der Waals surface area contributed by atoms with Crippen LogP contribution in [0.25, 0.3) is 0 Å². The van der Waals surface area contributed by atoms with E-state index in [0.29, 0.717) is 30.2 Å². The molecule has 0 heterocycles.